The molecule has 0 aliphatic carbocycles. The maximum atomic E-state index is 10.7. The number of hydrogen-bond acceptors (Lipinski definition) is 3. The smallest absolute Gasteiger partial charge is 0.123 e. The van der Waals surface area contributed by atoms with Crippen LogP contribution in [0.15, 0.2) is 17.0 Å². The molecule has 1 aromatic carbocycles. The van der Waals surface area contributed by atoms with E-state index in [9.17, 15) is 5.11 Å². The molecule has 3 heteroatoms. The number of phenolic OH excluding ortho intramolecular Hbond substituents is 1. The highest BCUT2D eigenvalue weighted by Crippen LogP contribution is 2.41. The van der Waals surface area contributed by atoms with Crippen LogP contribution >= 0.6 is 11.8 Å². The van der Waals surface area contributed by atoms with Gasteiger partial charge in [-0.05, 0) is 41.6 Å². The number of thioether (sulfide) groups is 1. The normalized spacial score (nSPS) is 12.7. The fourth-order valence-electron chi connectivity index (χ4n) is 2.24. The molecule has 1 aromatic rings. The lowest BCUT2D eigenvalue weighted by Gasteiger charge is -2.28. The molecule has 21 heavy (non-hydrogen) atoms. The summed E-state index contributed by atoms with van der Waals surface area (Å²) in [5.74, 6) is 1.44. The molecular formula is C18H30O2S. The highest BCUT2D eigenvalue weighted by molar-refractivity contribution is 7.99. The molecule has 0 aliphatic rings. The van der Waals surface area contributed by atoms with Gasteiger partial charge in [0.25, 0.3) is 0 Å². The molecule has 2 nitrogen and oxygen atoms in total. The topological polar surface area (TPSA) is 40.5 Å². The van der Waals surface area contributed by atoms with Crippen LogP contribution in [0.2, 0.25) is 0 Å². The van der Waals surface area contributed by atoms with E-state index in [1.54, 1.807) is 0 Å². The second kappa shape index (κ2) is 7.06. The molecular weight excluding hydrogens is 280 g/mol. The van der Waals surface area contributed by atoms with E-state index in [1.165, 1.54) is 4.90 Å². The second-order valence-electron chi connectivity index (χ2n) is 7.65. The largest absolute Gasteiger partial charge is 0.507 e. The summed E-state index contributed by atoms with van der Waals surface area (Å²) >= 11 is 1.81. The highest BCUT2D eigenvalue weighted by atomic mass is 32.2. The van der Waals surface area contributed by atoms with Crippen molar-refractivity contribution in [1.29, 1.82) is 0 Å². The van der Waals surface area contributed by atoms with E-state index in [0.717, 1.165) is 29.7 Å². The molecule has 0 radical (unpaired) electrons. The summed E-state index contributed by atoms with van der Waals surface area (Å²) in [6, 6.07) is 4.24. The predicted molar refractivity (Wildman–Crippen MR) is 92.6 cm³/mol. The van der Waals surface area contributed by atoms with Crippen LogP contribution in [0.5, 0.6) is 5.75 Å². The molecule has 0 atom stereocenters. The molecule has 0 aromatic heterocycles. The van der Waals surface area contributed by atoms with Crippen molar-refractivity contribution >= 4 is 11.8 Å². The number of aliphatic hydroxyl groups is 1. The average molecular weight is 311 g/mol. The van der Waals surface area contributed by atoms with E-state index in [-0.39, 0.29) is 17.4 Å². The fourth-order valence-corrected chi connectivity index (χ4v) is 3.23. The van der Waals surface area contributed by atoms with Crippen molar-refractivity contribution < 1.29 is 10.2 Å². The number of phenols is 1. The van der Waals surface area contributed by atoms with Crippen LogP contribution in [0.3, 0.4) is 0 Å². The number of hydrogen-bond donors (Lipinski definition) is 2. The van der Waals surface area contributed by atoms with Crippen LogP contribution in [-0.4, -0.2) is 22.6 Å². The molecule has 0 spiro atoms. The number of benzene rings is 1. The Morgan fingerprint density at radius 2 is 1.38 bits per heavy atom. The van der Waals surface area contributed by atoms with Gasteiger partial charge >= 0.3 is 0 Å². The first kappa shape index (κ1) is 18.4. The monoisotopic (exact) mass is 310 g/mol. The van der Waals surface area contributed by atoms with Gasteiger partial charge in [-0.1, -0.05) is 41.5 Å². The maximum Gasteiger partial charge on any atom is 0.123 e. The minimum absolute atomic E-state index is 0.0776. The van der Waals surface area contributed by atoms with Crippen LogP contribution < -0.4 is 0 Å². The van der Waals surface area contributed by atoms with Crippen LogP contribution in [0, 0.1) is 0 Å². The quantitative estimate of drug-likeness (QED) is 0.603. The van der Waals surface area contributed by atoms with Gasteiger partial charge in [-0.3, -0.25) is 0 Å². The summed E-state index contributed by atoms with van der Waals surface area (Å²) in [5.41, 5.74) is 1.87. The number of aliphatic hydroxyl groups excluding tert-OH is 1. The standard InChI is InChI=1S/C18H30O2S/c1-17(2,3)14-11-13(21-10-8-7-9-19)12-15(16(14)20)18(4,5)6/h11-12,19-20H,7-10H2,1-6H3. The van der Waals surface area contributed by atoms with Gasteiger partial charge in [0.05, 0.1) is 0 Å². The van der Waals surface area contributed by atoms with E-state index in [0.29, 0.717) is 5.75 Å². The molecule has 0 amide bonds. The molecule has 0 bridgehead atoms. The van der Waals surface area contributed by atoms with Gasteiger partial charge in [0.2, 0.25) is 0 Å². The predicted octanol–water partition coefficient (Wildman–Crippen LogP) is 4.85. The summed E-state index contributed by atoms with van der Waals surface area (Å²) < 4.78 is 0. The Bertz CT molecular complexity index is 432. The number of rotatable bonds is 5. The zero-order chi connectivity index (χ0) is 16.3. The van der Waals surface area contributed by atoms with Crippen molar-refractivity contribution in [3.8, 4) is 5.75 Å². The first-order chi connectivity index (χ1) is 9.57. The van der Waals surface area contributed by atoms with Gasteiger partial charge in [0.15, 0.2) is 0 Å². The Morgan fingerprint density at radius 3 is 1.76 bits per heavy atom. The molecule has 0 fully saturated rings. The molecule has 0 saturated carbocycles. The lowest BCUT2D eigenvalue weighted by Crippen LogP contribution is -2.17. The van der Waals surface area contributed by atoms with E-state index in [2.05, 4.69) is 53.7 Å². The van der Waals surface area contributed by atoms with Gasteiger partial charge in [-0.15, -0.1) is 11.8 Å². The van der Waals surface area contributed by atoms with Crippen molar-refractivity contribution in [2.45, 2.75) is 70.1 Å². The Balaban J connectivity index is 3.15. The summed E-state index contributed by atoms with van der Waals surface area (Å²) in [7, 11) is 0. The first-order valence-electron chi connectivity index (χ1n) is 7.69. The van der Waals surface area contributed by atoms with Crippen LogP contribution in [0.1, 0.15) is 65.5 Å². The van der Waals surface area contributed by atoms with E-state index < -0.39 is 0 Å². The lowest BCUT2D eigenvalue weighted by molar-refractivity contribution is 0.287. The highest BCUT2D eigenvalue weighted by Gasteiger charge is 2.26. The minimum atomic E-state index is -0.0776. The molecule has 0 aliphatic heterocycles. The Morgan fingerprint density at radius 1 is 0.905 bits per heavy atom. The summed E-state index contributed by atoms with van der Waals surface area (Å²) in [4.78, 5) is 1.21. The van der Waals surface area contributed by atoms with E-state index >= 15 is 0 Å². The van der Waals surface area contributed by atoms with Crippen molar-refractivity contribution in [3.63, 3.8) is 0 Å². The molecule has 120 valence electrons. The van der Waals surface area contributed by atoms with Gasteiger partial charge < -0.3 is 10.2 Å². The van der Waals surface area contributed by atoms with Crippen molar-refractivity contribution in [2.24, 2.45) is 0 Å². The van der Waals surface area contributed by atoms with Gasteiger partial charge in [0, 0.05) is 22.6 Å². The number of unbranched alkanes of at least 4 members (excludes halogenated alkanes) is 1. The average Bonchev–Trinajstić information content (AvgIpc) is 2.33. The zero-order valence-corrected chi connectivity index (χ0v) is 15.1. The third-order valence-electron chi connectivity index (χ3n) is 3.52. The zero-order valence-electron chi connectivity index (χ0n) is 14.3. The van der Waals surface area contributed by atoms with Crippen molar-refractivity contribution in [2.75, 3.05) is 12.4 Å². The van der Waals surface area contributed by atoms with Gasteiger partial charge in [-0.2, -0.15) is 0 Å². The lowest BCUT2D eigenvalue weighted by atomic mass is 9.79. The van der Waals surface area contributed by atoms with Gasteiger partial charge in [0.1, 0.15) is 5.75 Å². The Kier molecular flexibility index (Phi) is 6.18. The summed E-state index contributed by atoms with van der Waals surface area (Å²) in [6.07, 6.45) is 1.86. The summed E-state index contributed by atoms with van der Waals surface area (Å²) in [6.45, 7) is 13.1. The molecule has 0 saturated heterocycles. The Hall–Kier alpha value is -0.670. The maximum absolute atomic E-state index is 10.7. The third-order valence-corrected chi connectivity index (χ3v) is 4.58. The fraction of sp³-hybridized carbons (Fsp3) is 0.667. The molecule has 1 rings (SSSR count). The van der Waals surface area contributed by atoms with Crippen molar-refractivity contribution in [1.82, 2.24) is 0 Å². The third kappa shape index (κ3) is 5.23. The van der Waals surface area contributed by atoms with E-state index in [4.69, 9.17) is 5.11 Å². The minimum Gasteiger partial charge on any atom is -0.507 e. The molecule has 0 heterocycles. The van der Waals surface area contributed by atoms with Crippen LogP contribution in [-0.2, 0) is 10.8 Å². The number of aromatic hydroxyl groups is 1. The Labute approximate surface area is 134 Å². The molecule has 0 unspecified atom stereocenters. The SMILES string of the molecule is CC(C)(C)c1cc(SCCCCO)cc(C(C)(C)C)c1O. The van der Waals surface area contributed by atoms with E-state index in [1.807, 2.05) is 11.8 Å². The van der Waals surface area contributed by atoms with Crippen LogP contribution in [0.4, 0.5) is 0 Å². The van der Waals surface area contributed by atoms with Gasteiger partial charge in [-0.25, -0.2) is 0 Å². The van der Waals surface area contributed by atoms with Crippen molar-refractivity contribution in [3.05, 3.63) is 23.3 Å². The summed E-state index contributed by atoms with van der Waals surface area (Å²) in [5, 5.41) is 19.5. The first-order valence-corrected chi connectivity index (χ1v) is 8.67. The second-order valence-corrected chi connectivity index (χ2v) is 8.81. The van der Waals surface area contributed by atoms with Crippen LogP contribution in [0.25, 0.3) is 0 Å². The molecule has 2 N–H and O–H groups in total.